The predicted octanol–water partition coefficient (Wildman–Crippen LogP) is 3.44. The molecule has 0 aliphatic rings. The van der Waals surface area contributed by atoms with Gasteiger partial charge < -0.3 is 9.15 Å². The van der Waals surface area contributed by atoms with Gasteiger partial charge in [-0.1, -0.05) is 18.2 Å². The lowest BCUT2D eigenvalue weighted by Gasteiger charge is -2.09. The predicted molar refractivity (Wildman–Crippen MR) is 73.6 cm³/mol. The molecule has 0 N–H and O–H groups in total. The van der Waals surface area contributed by atoms with Gasteiger partial charge in [0.05, 0.1) is 0 Å². The zero-order chi connectivity index (χ0) is 13.7. The van der Waals surface area contributed by atoms with E-state index in [4.69, 9.17) is 20.8 Å². The Hall–Kier alpha value is -1.55. The van der Waals surface area contributed by atoms with Crippen LogP contribution in [0.15, 0.2) is 22.6 Å². The largest absolute Gasteiger partial charge is 0.483 e. The Bertz CT molecular complexity index is 520. The number of aryl methyl sites for hydroxylation is 3. The standard InChI is InChI=1S/C14H17ClN2O2/c1-10-5-3-6-11(2)14(10)18-9-13-17-16-12(19-13)7-4-8-15/h3,5-6H,4,7-9H2,1-2H3. The minimum atomic E-state index is 0.291. The second-order valence-electron chi connectivity index (χ2n) is 4.39. The molecule has 102 valence electrons. The number of ether oxygens (including phenoxy) is 1. The van der Waals surface area contributed by atoms with Crippen molar-refractivity contribution in [2.24, 2.45) is 0 Å². The van der Waals surface area contributed by atoms with Crippen molar-refractivity contribution < 1.29 is 9.15 Å². The van der Waals surface area contributed by atoms with E-state index in [-0.39, 0.29) is 0 Å². The minimum absolute atomic E-state index is 0.291. The lowest BCUT2D eigenvalue weighted by Crippen LogP contribution is -1.99. The van der Waals surface area contributed by atoms with Gasteiger partial charge in [0.15, 0.2) is 6.61 Å². The van der Waals surface area contributed by atoms with E-state index in [1.165, 1.54) is 0 Å². The molecule has 0 fully saturated rings. The Morgan fingerprint density at radius 3 is 2.53 bits per heavy atom. The van der Waals surface area contributed by atoms with Gasteiger partial charge in [0.2, 0.25) is 5.89 Å². The molecule has 0 aliphatic carbocycles. The highest BCUT2D eigenvalue weighted by molar-refractivity contribution is 6.17. The summed E-state index contributed by atoms with van der Waals surface area (Å²) in [4.78, 5) is 0. The molecule has 2 rings (SSSR count). The summed E-state index contributed by atoms with van der Waals surface area (Å²) in [5.74, 6) is 2.58. The highest BCUT2D eigenvalue weighted by Gasteiger charge is 2.08. The molecule has 0 amide bonds. The third kappa shape index (κ3) is 3.70. The first-order valence-corrected chi connectivity index (χ1v) is 6.80. The smallest absolute Gasteiger partial charge is 0.253 e. The van der Waals surface area contributed by atoms with Crippen LogP contribution in [0.4, 0.5) is 0 Å². The van der Waals surface area contributed by atoms with Crippen LogP contribution in [-0.4, -0.2) is 16.1 Å². The van der Waals surface area contributed by atoms with E-state index < -0.39 is 0 Å². The molecule has 0 atom stereocenters. The number of nitrogens with zero attached hydrogens (tertiary/aromatic N) is 2. The van der Waals surface area contributed by atoms with E-state index >= 15 is 0 Å². The average molecular weight is 281 g/mol. The fourth-order valence-electron chi connectivity index (χ4n) is 1.83. The second kappa shape index (κ2) is 6.57. The van der Waals surface area contributed by atoms with E-state index in [2.05, 4.69) is 10.2 Å². The highest BCUT2D eigenvalue weighted by atomic mass is 35.5. The summed E-state index contributed by atoms with van der Waals surface area (Å²) in [5, 5.41) is 7.91. The molecule has 0 bridgehead atoms. The van der Waals surface area contributed by atoms with Gasteiger partial charge in [-0.2, -0.15) is 0 Å². The van der Waals surface area contributed by atoms with E-state index in [1.807, 2.05) is 32.0 Å². The molecule has 0 saturated heterocycles. The Morgan fingerprint density at radius 2 is 1.84 bits per heavy atom. The molecule has 0 radical (unpaired) electrons. The van der Waals surface area contributed by atoms with E-state index in [9.17, 15) is 0 Å². The van der Waals surface area contributed by atoms with Gasteiger partial charge >= 0.3 is 0 Å². The normalized spacial score (nSPS) is 10.7. The van der Waals surface area contributed by atoms with Crippen LogP contribution in [-0.2, 0) is 13.0 Å². The Morgan fingerprint density at radius 1 is 1.16 bits per heavy atom. The van der Waals surface area contributed by atoms with Crippen molar-refractivity contribution in [2.75, 3.05) is 5.88 Å². The van der Waals surface area contributed by atoms with Crippen LogP contribution in [0.1, 0.15) is 29.3 Å². The number of benzene rings is 1. The molecule has 1 aromatic carbocycles. The number of hydrogen-bond donors (Lipinski definition) is 0. The Labute approximate surface area is 117 Å². The molecule has 0 unspecified atom stereocenters. The van der Waals surface area contributed by atoms with Crippen LogP contribution in [0.2, 0.25) is 0 Å². The third-order valence-corrected chi connectivity index (χ3v) is 3.05. The van der Waals surface area contributed by atoms with Crippen molar-refractivity contribution in [3.63, 3.8) is 0 Å². The van der Waals surface area contributed by atoms with Gasteiger partial charge in [0.1, 0.15) is 5.75 Å². The number of rotatable bonds is 6. The number of para-hydroxylation sites is 1. The molecule has 19 heavy (non-hydrogen) atoms. The van der Waals surface area contributed by atoms with E-state index in [0.717, 1.165) is 23.3 Å². The topological polar surface area (TPSA) is 48.2 Å². The van der Waals surface area contributed by atoms with Crippen LogP contribution >= 0.6 is 11.6 Å². The monoisotopic (exact) mass is 280 g/mol. The summed E-state index contributed by atoms with van der Waals surface area (Å²) in [6.07, 6.45) is 1.54. The quantitative estimate of drug-likeness (QED) is 0.761. The molecule has 0 aliphatic heterocycles. The molecule has 0 saturated carbocycles. The van der Waals surface area contributed by atoms with Crippen LogP contribution in [0.25, 0.3) is 0 Å². The summed E-state index contributed by atoms with van der Waals surface area (Å²) in [6.45, 7) is 4.32. The van der Waals surface area contributed by atoms with Crippen LogP contribution < -0.4 is 4.74 Å². The first-order chi connectivity index (χ1) is 9.20. The zero-order valence-electron chi connectivity index (χ0n) is 11.1. The molecule has 1 heterocycles. The zero-order valence-corrected chi connectivity index (χ0v) is 11.9. The first-order valence-electron chi connectivity index (χ1n) is 6.27. The maximum atomic E-state index is 5.75. The van der Waals surface area contributed by atoms with Crippen molar-refractivity contribution in [1.82, 2.24) is 10.2 Å². The van der Waals surface area contributed by atoms with Gasteiger partial charge in [-0.05, 0) is 31.4 Å². The number of alkyl halides is 1. The van der Waals surface area contributed by atoms with Crippen molar-refractivity contribution in [3.05, 3.63) is 41.1 Å². The Balaban J connectivity index is 1.97. The summed E-state index contributed by atoms with van der Waals surface area (Å²) in [6, 6.07) is 6.04. The molecule has 0 spiro atoms. The molecular formula is C14H17ClN2O2. The summed E-state index contributed by atoms with van der Waals surface area (Å²) in [7, 11) is 0. The lowest BCUT2D eigenvalue weighted by atomic mass is 10.1. The number of aromatic nitrogens is 2. The van der Waals surface area contributed by atoms with Gasteiger partial charge in [0.25, 0.3) is 5.89 Å². The summed E-state index contributed by atoms with van der Waals surface area (Å²) < 4.78 is 11.2. The van der Waals surface area contributed by atoms with Gasteiger partial charge in [0, 0.05) is 12.3 Å². The fourth-order valence-corrected chi connectivity index (χ4v) is 1.96. The lowest BCUT2D eigenvalue weighted by molar-refractivity contribution is 0.256. The third-order valence-electron chi connectivity index (χ3n) is 2.78. The van der Waals surface area contributed by atoms with Gasteiger partial charge in [-0.15, -0.1) is 21.8 Å². The van der Waals surface area contributed by atoms with E-state index in [1.54, 1.807) is 0 Å². The molecule has 2 aromatic rings. The van der Waals surface area contributed by atoms with Crippen molar-refractivity contribution >= 4 is 11.6 Å². The summed E-state index contributed by atoms with van der Waals surface area (Å²) in [5.41, 5.74) is 2.20. The number of halogens is 1. The molecule has 1 aromatic heterocycles. The average Bonchev–Trinajstić information content (AvgIpc) is 2.84. The maximum Gasteiger partial charge on any atom is 0.253 e. The SMILES string of the molecule is Cc1cccc(C)c1OCc1nnc(CCCCl)o1. The molecule has 5 heteroatoms. The highest BCUT2D eigenvalue weighted by Crippen LogP contribution is 2.23. The van der Waals surface area contributed by atoms with Crippen LogP contribution in [0.3, 0.4) is 0 Å². The Kier molecular flexibility index (Phi) is 4.80. The summed E-state index contributed by atoms with van der Waals surface area (Å²) >= 11 is 5.62. The van der Waals surface area contributed by atoms with Crippen molar-refractivity contribution in [2.45, 2.75) is 33.3 Å². The first kappa shape index (κ1) is 13.9. The fraction of sp³-hybridized carbons (Fsp3) is 0.429. The van der Waals surface area contributed by atoms with Crippen molar-refractivity contribution in [3.8, 4) is 5.75 Å². The molecule has 4 nitrogen and oxygen atoms in total. The second-order valence-corrected chi connectivity index (χ2v) is 4.77. The number of hydrogen-bond acceptors (Lipinski definition) is 4. The maximum absolute atomic E-state index is 5.75. The van der Waals surface area contributed by atoms with Crippen LogP contribution in [0.5, 0.6) is 5.75 Å². The van der Waals surface area contributed by atoms with Gasteiger partial charge in [-0.3, -0.25) is 0 Å². The van der Waals surface area contributed by atoms with E-state index in [0.29, 0.717) is 30.7 Å². The molecular weight excluding hydrogens is 264 g/mol. The van der Waals surface area contributed by atoms with Gasteiger partial charge in [-0.25, -0.2) is 0 Å². The van der Waals surface area contributed by atoms with Crippen molar-refractivity contribution in [1.29, 1.82) is 0 Å². The van der Waals surface area contributed by atoms with Crippen LogP contribution in [0, 0.1) is 13.8 Å². The minimum Gasteiger partial charge on any atom is -0.483 e.